The van der Waals surface area contributed by atoms with Crippen LogP contribution in [0.4, 0.5) is 5.69 Å². The number of nitrogens with one attached hydrogen (secondary N) is 1. The molecular formula is C18H14N2O2S. The fourth-order valence-corrected chi connectivity index (χ4v) is 2.74. The molecule has 0 aliphatic carbocycles. The van der Waals surface area contributed by atoms with E-state index in [1.807, 2.05) is 42.5 Å². The smallest absolute Gasteiger partial charge is 0.264 e. The summed E-state index contributed by atoms with van der Waals surface area (Å²) in [6.07, 6.45) is 5.56. The van der Waals surface area contributed by atoms with E-state index >= 15 is 0 Å². The van der Waals surface area contributed by atoms with Crippen molar-refractivity contribution in [2.45, 2.75) is 0 Å². The van der Waals surface area contributed by atoms with Gasteiger partial charge in [-0.25, -0.2) is 4.99 Å². The predicted octanol–water partition coefficient (Wildman–Crippen LogP) is 3.84. The van der Waals surface area contributed by atoms with Crippen LogP contribution in [-0.2, 0) is 4.79 Å². The van der Waals surface area contributed by atoms with Crippen molar-refractivity contribution in [3.05, 3.63) is 77.2 Å². The molecule has 1 amide bonds. The van der Waals surface area contributed by atoms with E-state index in [4.69, 9.17) is 0 Å². The van der Waals surface area contributed by atoms with Crippen LogP contribution >= 0.6 is 11.8 Å². The maximum Gasteiger partial charge on any atom is 0.264 e. The van der Waals surface area contributed by atoms with Crippen LogP contribution in [0.1, 0.15) is 5.56 Å². The highest BCUT2D eigenvalue weighted by molar-refractivity contribution is 8.18. The zero-order chi connectivity index (χ0) is 16.1. The first-order chi connectivity index (χ1) is 11.2. The number of amides is 1. The number of nitrogens with zero attached hydrogens (tertiary/aromatic N) is 1. The largest absolute Gasteiger partial charge is 0.508 e. The third-order valence-electron chi connectivity index (χ3n) is 3.07. The summed E-state index contributed by atoms with van der Waals surface area (Å²) in [6, 6.07) is 16.4. The number of aliphatic imine (C=N–C) groups is 1. The molecule has 4 nitrogen and oxygen atoms in total. The molecule has 0 atom stereocenters. The van der Waals surface area contributed by atoms with Gasteiger partial charge in [-0.05, 0) is 47.7 Å². The summed E-state index contributed by atoms with van der Waals surface area (Å²) in [5.74, 6) is 0.0222. The molecule has 0 saturated carbocycles. The number of rotatable bonds is 3. The molecule has 0 radical (unpaired) electrons. The Hall–Kier alpha value is -2.79. The van der Waals surface area contributed by atoms with Crippen LogP contribution in [0, 0.1) is 0 Å². The summed E-state index contributed by atoms with van der Waals surface area (Å²) in [6.45, 7) is 0. The highest BCUT2D eigenvalue weighted by Crippen LogP contribution is 2.26. The van der Waals surface area contributed by atoms with Gasteiger partial charge in [0.2, 0.25) is 0 Å². The van der Waals surface area contributed by atoms with Crippen LogP contribution in [0.15, 0.2) is 76.6 Å². The number of amidine groups is 1. The zero-order valence-electron chi connectivity index (χ0n) is 12.1. The molecule has 1 aliphatic rings. The molecule has 3 rings (SSSR count). The minimum Gasteiger partial charge on any atom is -0.508 e. The Kier molecular flexibility index (Phi) is 4.59. The van der Waals surface area contributed by atoms with Gasteiger partial charge in [0.05, 0.1) is 10.6 Å². The maximum atomic E-state index is 11.9. The Morgan fingerprint density at radius 2 is 1.78 bits per heavy atom. The topological polar surface area (TPSA) is 61.7 Å². The summed E-state index contributed by atoms with van der Waals surface area (Å²) in [7, 11) is 0. The highest BCUT2D eigenvalue weighted by atomic mass is 32.2. The Balaban J connectivity index is 1.71. The van der Waals surface area contributed by atoms with E-state index in [-0.39, 0.29) is 11.7 Å². The molecule has 114 valence electrons. The average Bonchev–Trinajstić information content (AvgIpc) is 2.90. The summed E-state index contributed by atoms with van der Waals surface area (Å²) < 4.78 is 0. The zero-order valence-corrected chi connectivity index (χ0v) is 13.0. The predicted molar refractivity (Wildman–Crippen MR) is 94.5 cm³/mol. The molecule has 0 spiro atoms. The van der Waals surface area contributed by atoms with Gasteiger partial charge >= 0.3 is 0 Å². The first kappa shape index (κ1) is 15.1. The second kappa shape index (κ2) is 6.98. The number of hydrogen-bond acceptors (Lipinski definition) is 4. The molecule has 5 heteroatoms. The first-order valence-corrected chi connectivity index (χ1v) is 7.83. The van der Waals surface area contributed by atoms with Gasteiger partial charge in [-0.1, -0.05) is 42.5 Å². The monoisotopic (exact) mass is 322 g/mol. The molecule has 2 N–H and O–H groups in total. The van der Waals surface area contributed by atoms with Crippen LogP contribution < -0.4 is 5.32 Å². The van der Waals surface area contributed by atoms with E-state index in [0.717, 1.165) is 5.56 Å². The van der Waals surface area contributed by atoms with Crippen molar-refractivity contribution in [3.8, 4) is 5.75 Å². The van der Waals surface area contributed by atoms with E-state index in [1.165, 1.54) is 11.8 Å². The van der Waals surface area contributed by atoms with Crippen LogP contribution in [0.3, 0.4) is 0 Å². The van der Waals surface area contributed by atoms with Gasteiger partial charge in [-0.15, -0.1) is 0 Å². The van der Waals surface area contributed by atoms with Crippen LogP contribution in [0.25, 0.3) is 6.08 Å². The Morgan fingerprint density at radius 1 is 1.04 bits per heavy atom. The van der Waals surface area contributed by atoms with Crippen molar-refractivity contribution in [2.24, 2.45) is 4.99 Å². The number of aromatic hydroxyl groups is 1. The van der Waals surface area contributed by atoms with Crippen molar-refractivity contribution >= 4 is 34.6 Å². The lowest BCUT2D eigenvalue weighted by atomic mass is 10.2. The fourth-order valence-electron chi connectivity index (χ4n) is 1.95. The molecule has 0 unspecified atom stereocenters. The van der Waals surface area contributed by atoms with Crippen molar-refractivity contribution in [1.29, 1.82) is 0 Å². The van der Waals surface area contributed by atoms with Crippen LogP contribution in [-0.4, -0.2) is 16.2 Å². The lowest BCUT2D eigenvalue weighted by Crippen LogP contribution is -2.19. The van der Waals surface area contributed by atoms with Crippen molar-refractivity contribution in [3.63, 3.8) is 0 Å². The Labute approximate surface area is 138 Å². The van der Waals surface area contributed by atoms with Gasteiger partial charge < -0.3 is 10.4 Å². The van der Waals surface area contributed by atoms with E-state index in [1.54, 1.807) is 30.3 Å². The van der Waals surface area contributed by atoms with Gasteiger partial charge in [-0.2, -0.15) is 0 Å². The van der Waals surface area contributed by atoms with E-state index in [9.17, 15) is 9.90 Å². The molecular weight excluding hydrogens is 308 g/mol. The Morgan fingerprint density at radius 3 is 2.52 bits per heavy atom. The number of carbonyl (C=O) groups excluding carboxylic acids is 1. The normalized spacial score (nSPS) is 18.0. The van der Waals surface area contributed by atoms with E-state index < -0.39 is 0 Å². The van der Waals surface area contributed by atoms with Gasteiger partial charge in [0.1, 0.15) is 5.75 Å². The summed E-state index contributed by atoms with van der Waals surface area (Å²) in [5.41, 5.74) is 1.75. The minimum absolute atomic E-state index is 0.162. The maximum absolute atomic E-state index is 11.9. The van der Waals surface area contributed by atoms with Crippen molar-refractivity contribution in [1.82, 2.24) is 5.32 Å². The SMILES string of the molecule is O=C1NC(=Nc2ccc(O)cc2)S/C1=C\C=C\c1ccccc1. The third kappa shape index (κ3) is 4.11. The number of phenolic OH excluding ortho intramolecular Hbond substituents is 1. The molecule has 2 aromatic carbocycles. The third-order valence-corrected chi connectivity index (χ3v) is 4.00. The second-order valence-electron chi connectivity index (χ2n) is 4.79. The fraction of sp³-hybridized carbons (Fsp3) is 0. The van der Waals surface area contributed by atoms with Crippen molar-refractivity contribution in [2.75, 3.05) is 0 Å². The van der Waals surface area contributed by atoms with Gasteiger partial charge in [0.15, 0.2) is 5.17 Å². The first-order valence-electron chi connectivity index (χ1n) is 7.01. The molecule has 1 saturated heterocycles. The van der Waals surface area contributed by atoms with Crippen LogP contribution in [0.2, 0.25) is 0 Å². The molecule has 0 bridgehead atoms. The number of allylic oxidation sites excluding steroid dienone is 2. The summed E-state index contributed by atoms with van der Waals surface area (Å²) in [5, 5.41) is 12.5. The molecule has 1 heterocycles. The number of carbonyl (C=O) groups is 1. The number of benzene rings is 2. The van der Waals surface area contributed by atoms with Gasteiger partial charge in [0, 0.05) is 0 Å². The van der Waals surface area contributed by atoms with Gasteiger partial charge in [-0.3, -0.25) is 4.79 Å². The minimum atomic E-state index is -0.162. The van der Waals surface area contributed by atoms with E-state index in [2.05, 4.69) is 10.3 Å². The highest BCUT2D eigenvalue weighted by Gasteiger charge is 2.22. The van der Waals surface area contributed by atoms with E-state index in [0.29, 0.717) is 15.8 Å². The molecule has 23 heavy (non-hydrogen) atoms. The average molecular weight is 322 g/mol. The molecule has 1 fully saturated rings. The summed E-state index contributed by atoms with van der Waals surface area (Å²) >= 11 is 1.29. The number of phenols is 1. The van der Waals surface area contributed by atoms with Gasteiger partial charge in [0.25, 0.3) is 5.91 Å². The lowest BCUT2D eigenvalue weighted by molar-refractivity contribution is -0.115. The molecule has 1 aliphatic heterocycles. The lowest BCUT2D eigenvalue weighted by Gasteiger charge is -1.96. The Bertz CT molecular complexity index is 794. The quantitative estimate of drug-likeness (QED) is 0.844. The molecule has 0 aromatic heterocycles. The number of thioether (sulfide) groups is 1. The van der Waals surface area contributed by atoms with Crippen molar-refractivity contribution < 1.29 is 9.90 Å². The summed E-state index contributed by atoms with van der Waals surface area (Å²) in [4.78, 5) is 16.8. The standard InChI is InChI=1S/C18H14N2O2S/c21-15-11-9-14(10-12-15)19-18-20-17(22)16(23-18)8-4-7-13-5-2-1-3-6-13/h1-12,21H,(H,19,20,22)/b7-4+,16-8-. The molecule has 2 aromatic rings. The van der Waals surface area contributed by atoms with Crippen LogP contribution in [0.5, 0.6) is 5.75 Å². The second-order valence-corrected chi connectivity index (χ2v) is 5.82. The number of hydrogen-bond donors (Lipinski definition) is 2.